The van der Waals surface area contributed by atoms with Gasteiger partial charge in [-0.3, -0.25) is 34.2 Å². The molecule has 1 unspecified atom stereocenters. The number of imide groups is 2. The fourth-order valence-corrected chi connectivity index (χ4v) is 3.35. The Hall–Kier alpha value is -3.23. The lowest BCUT2D eigenvalue weighted by molar-refractivity contribution is -0.154. The highest BCUT2D eigenvalue weighted by atomic mass is 16.6. The highest BCUT2D eigenvalue weighted by molar-refractivity contribution is 6.25. The predicted octanol–water partition coefficient (Wildman–Crippen LogP) is 1.23. The molecule has 9 heteroatoms. The number of carbonyl (C=O) groups is 5. The fourth-order valence-electron chi connectivity index (χ4n) is 3.35. The highest BCUT2D eigenvalue weighted by Gasteiger charge is 2.45. The van der Waals surface area contributed by atoms with Gasteiger partial charge in [0.25, 0.3) is 11.8 Å². The van der Waals surface area contributed by atoms with E-state index in [1.165, 1.54) is 6.07 Å². The van der Waals surface area contributed by atoms with E-state index in [4.69, 9.17) is 4.74 Å². The lowest BCUT2D eigenvalue weighted by atomic mass is 10.0. The molecule has 154 valence electrons. The summed E-state index contributed by atoms with van der Waals surface area (Å²) in [5.74, 6) is -2.64. The van der Waals surface area contributed by atoms with Gasteiger partial charge in [-0.15, -0.1) is 0 Å². The second kappa shape index (κ2) is 7.65. The average molecular weight is 401 g/mol. The molecule has 1 fully saturated rings. The van der Waals surface area contributed by atoms with Crippen molar-refractivity contribution in [2.45, 2.75) is 51.7 Å². The van der Waals surface area contributed by atoms with Crippen molar-refractivity contribution < 1.29 is 28.7 Å². The number of ether oxygens (including phenoxy) is 1. The summed E-state index contributed by atoms with van der Waals surface area (Å²) in [6.45, 7) is 5.54. The van der Waals surface area contributed by atoms with Crippen LogP contribution in [0.3, 0.4) is 0 Å². The van der Waals surface area contributed by atoms with E-state index >= 15 is 0 Å². The lowest BCUT2D eigenvalue weighted by Crippen LogP contribution is -2.54. The summed E-state index contributed by atoms with van der Waals surface area (Å²) in [5, 5.41) is 5.16. The molecule has 2 aliphatic heterocycles. The number of esters is 1. The number of rotatable bonds is 5. The number of carbonyl (C=O) groups excluding carboxylic acids is 5. The van der Waals surface area contributed by atoms with Gasteiger partial charge in [0, 0.05) is 18.7 Å². The van der Waals surface area contributed by atoms with Gasteiger partial charge < -0.3 is 10.1 Å². The van der Waals surface area contributed by atoms with Crippen molar-refractivity contribution in [1.82, 2.24) is 10.2 Å². The number of nitrogens with one attached hydrogen (secondary N) is 2. The van der Waals surface area contributed by atoms with Crippen LogP contribution in [-0.2, 0) is 19.1 Å². The number of nitrogens with zero attached hydrogens (tertiary/aromatic N) is 1. The molecule has 0 radical (unpaired) electrons. The number of piperidine rings is 1. The Morgan fingerprint density at radius 2 is 1.93 bits per heavy atom. The first-order valence-corrected chi connectivity index (χ1v) is 9.39. The third-order valence-electron chi connectivity index (χ3n) is 4.53. The molecule has 1 saturated heterocycles. The first-order chi connectivity index (χ1) is 13.6. The molecule has 29 heavy (non-hydrogen) atoms. The van der Waals surface area contributed by atoms with Gasteiger partial charge in [-0.1, -0.05) is 6.07 Å². The number of amides is 4. The Labute approximate surface area is 167 Å². The van der Waals surface area contributed by atoms with Crippen molar-refractivity contribution in [3.8, 4) is 0 Å². The van der Waals surface area contributed by atoms with Gasteiger partial charge in [-0.05, 0) is 39.3 Å². The monoisotopic (exact) mass is 401 g/mol. The maximum Gasteiger partial charge on any atom is 0.308 e. The van der Waals surface area contributed by atoms with Crippen molar-refractivity contribution in [3.05, 3.63) is 29.3 Å². The number of hydrogen-bond donors (Lipinski definition) is 2. The van der Waals surface area contributed by atoms with Gasteiger partial charge in [0.1, 0.15) is 11.6 Å². The van der Waals surface area contributed by atoms with Crippen LogP contribution in [0.2, 0.25) is 0 Å². The van der Waals surface area contributed by atoms with E-state index in [1.54, 1.807) is 32.9 Å². The zero-order chi connectivity index (χ0) is 21.3. The largest absolute Gasteiger partial charge is 0.460 e. The Bertz CT molecular complexity index is 902. The summed E-state index contributed by atoms with van der Waals surface area (Å²) >= 11 is 0. The van der Waals surface area contributed by atoms with Crippen LogP contribution in [0.25, 0.3) is 0 Å². The quantitative estimate of drug-likeness (QED) is 0.562. The zero-order valence-corrected chi connectivity index (χ0v) is 16.5. The van der Waals surface area contributed by atoms with Crippen LogP contribution in [0, 0.1) is 0 Å². The van der Waals surface area contributed by atoms with E-state index in [0.717, 1.165) is 4.90 Å². The predicted molar refractivity (Wildman–Crippen MR) is 102 cm³/mol. The van der Waals surface area contributed by atoms with Gasteiger partial charge in [-0.25, -0.2) is 0 Å². The van der Waals surface area contributed by atoms with Crippen LogP contribution in [0.5, 0.6) is 0 Å². The van der Waals surface area contributed by atoms with Crippen LogP contribution in [0.1, 0.15) is 60.7 Å². The molecule has 0 aromatic heterocycles. The molecule has 0 aliphatic carbocycles. The van der Waals surface area contributed by atoms with Gasteiger partial charge in [0.2, 0.25) is 11.8 Å². The Balaban J connectivity index is 1.74. The molecule has 1 aromatic rings. The third-order valence-corrected chi connectivity index (χ3v) is 4.53. The molecule has 1 atom stereocenters. The molecule has 0 saturated carbocycles. The summed E-state index contributed by atoms with van der Waals surface area (Å²) < 4.78 is 5.24. The van der Waals surface area contributed by atoms with E-state index in [0.29, 0.717) is 5.69 Å². The molecule has 2 heterocycles. The Kier molecular flexibility index (Phi) is 5.41. The highest BCUT2D eigenvalue weighted by Crippen LogP contribution is 2.32. The van der Waals surface area contributed by atoms with Crippen molar-refractivity contribution in [2.75, 3.05) is 11.9 Å². The molecule has 0 bridgehead atoms. The molecular weight excluding hydrogens is 378 g/mol. The van der Waals surface area contributed by atoms with Crippen molar-refractivity contribution in [1.29, 1.82) is 0 Å². The van der Waals surface area contributed by atoms with Gasteiger partial charge >= 0.3 is 5.97 Å². The first kappa shape index (κ1) is 20.5. The van der Waals surface area contributed by atoms with Crippen LogP contribution in [0.4, 0.5) is 5.69 Å². The molecule has 4 amide bonds. The van der Waals surface area contributed by atoms with Gasteiger partial charge in [0.15, 0.2) is 0 Å². The summed E-state index contributed by atoms with van der Waals surface area (Å²) in [6.07, 6.45) is 0.238. The van der Waals surface area contributed by atoms with E-state index < -0.39 is 35.3 Å². The second-order valence-corrected chi connectivity index (χ2v) is 7.94. The van der Waals surface area contributed by atoms with E-state index in [2.05, 4.69) is 10.6 Å². The lowest BCUT2D eigenvalue weighted by Gasteiger charge is -2.27. The van der Waals surface area contributed by atoms with Crippen LogP contribution in [0.15, 0.2) is 18.2 Å². The Morgan fingerprint density at radius 3 is 2.59 bits per heavy atom. The van der Waals surface area contributed by atoms with Crippen LogP contribution < -0.4 is 10.6 Å². The SMILES string of the molecule is CC(C)(C)OC(=O)CCNc1cccc2c1C(=O)N(C1CCC(=O)NC1=O)C2=O. The zero-order valence-electron chi connectivity index (χ0n) is 16.5. The molecule has 0 spiro atoms. The minimum absolute atomic E-state index is 0.0603. The number of benzene rings is 1. The van der Waals surface area contributed by atoms with Crippen molar-refractivity contribution >= 4 is 35.3 Å². The van der Waals surface area contributed by atoms with Gasteiger partial charge in [-0.2, -0.15) is 0 Å². The normalized spacial score (nSPS) is 19.1. The Morgan fingerprint density at radius 1 is 1.21 bits per heavy atom. The van der Waals surface area contributed by atoms with Crippen LogP contribution in [-0.4, -0.2) is 52.7 Å². The average Bonchev–Trinajstić information content (AvgIpc) is 2.86. The van der Waals surface area contributed by atoms with E-state index in [9.17, 15) is 24.0 Å². The van der Waals surface area contributed by atoms with Gasteiger partial charge in [0.05, 0.1) is 17.5 Å². The molecule has 2 aliphatic rings. The number of anilines is 1. The number of fused-ring (bicyclic) bond motifs is 1. The van der Waals surface area contributed by atoms with Crippen molar-refractivity contribution in [3.63, 3.8) is 0 Å². The fraction of sp³-hybridized carbons (Fsp3) is 0.450. The first-order valence-electron chi connectivity index (χ1n) is 9.39. The topological polar surface area (TPSA) is 122 Å². The number of hydrogen-bond acceptors (Lipinski definition) is 7. The maximum absolute atomic E-state index is 12.9. The summed E-state index contributed by atoms with van der Waals surface area (Å²) in [5.41, 5.74) is 0.156. The summed E-state index contributed by atoms with van der Waals surface area (Å²) in [7, 11) is 0. The third kappa shape index (κ3) is 4.28. The second-order valence-electron chi connectivity index (χ2n) is 7.94. The minimum atomic E-state index is -1.02. The maximum atomic E-state index is 12.9. The minimum Gasteiger partial charge on any atom is -0.460 e. The molecule has 1 aromatic carbocycles. The smallest absolute Gasteiger partial charge is 0.308 e. The summed E-state index contributed by atoms with van der Waals surface area (Å²) in [6, 6.07) is 3.75. The van der Waals surface area contributed by atoms with E-state index in [-0.39, 0.29) is 42.9 Å². The molecule has 9 nitrogen and oxygen atoms in total. The molecule has 2 N–H and O–H groups in total. The van der Waals surface area contributed by atoms with Crippen LogP contribution >= 0.6 is 0 Å². The standard InChI is InChI=1S/C20H23N3O6/c1-20(2,3)29-15(25)9-10-21-12-6-4-5-11-16(12)19(28)23(18(11)27)13-7-8-14(24)22-17(13)26/h4-6,13,21H,7-10H2,1-3H3,(H,22,24,26). The molecule has 3 rings (SSSR count). The van der Waals surface area contributed by atoms with Crippen molar-refractivity contribution in [2.24, 2.45) is 0 Å². The van der Waals surface area contributed by atoms with E-state index in [1.807, 2.05) is 0 Å². The summed E-state index contributed by atoms with van der Waals surface area (Å²) in [4.78, 5) is 62.0. The molecular formula is C20H23N3O6.